The quantitative estimate of drug-likeness (QED) is 0.731. The summed E-state index contributed by atoms with van der Waals surface area (Å²) in [5.74, 6) is 1.71. The van der Waals surface area contributed by atoms with E-state index in [2.05, 4.69) is 52.8 Å². The molecule has 150 valence electrons. The van der Waals surface area contributed by atoms with Crippen LogP contribution in [0.25, 0.3) is 0 Å². The number of hydrogen-bond acceptors (Lipinski definition) is 4. The number of likely N-dealkylation sites (tertiary alicyclic amines) is 1. The predicted molar refractivity (Wildman–Crippen MR) is 114 cm³/mol. The van der Waals surface area contributed by atoms with Gasteiger partial charge in [0.2, 0.25) is 0 Å². The second-order valence-corrected chi connectivity index (χ2v) is 8.75. The van der Waals surface area contributed by atoms with Gasteiger partial charge in [0.1, 0.15) is 5.78 Å². The van der Waals surface area contributed by atoms with Crippen molar-refractivity contribution in [2.24, 2.45) is 5.92 Å². The Morgan fingerprint density at radius 2 is 1.67 bits per heavy atom. The van der Waals surface area contributed by atoms with Crippen molar-refractivity contribution in [1.29, 1.82) is 0 Å². The average molecular weight is 372 g/mol. The molecule has 27 heavy (non-hydrogen) atoms. The summed E-state index contributed by atoms with van der Waals surface area (Å²) in [6.45, 7) is 15.0. The summed E-state index contributed by atoms with van der Waals surface area (Å²) in [6, 6.07) is 8.91. The molecule has 0 spiro atoms. The fraction of sp³-hybridized carbons (Fsp3) is 0.696. The zero-order chi connectivity index (χ0) is 19.2. The van der Waals surface area contributed by atoms with Crippen LogP contribution in [0.1, 0.15) is 51.5 Å². The molecule has 0 aliphatic carbocycles. The maximum atomic E-state index is 11.3. The van der Waals surface area contributed by atoms with Gasteiger partial charge >= 0.3 is 0 Å². The van der Waals surface area contributed by atoms with Gasteiger partial charge in [0, 0.05) is 31.9 Å². The zero-order valence-corrected chi connectivity index (χ0v) is 17.5. The van der Waals surface area contributed by atoms with Crippen molar-refractivity contribution in [3.8, 4) is 0 Å². The Hall–Kier alpha value is -1.39. The molecule has 2 aliphatic rings. The van der Waals surface area contributed by atoms with E-state index in [4.69, 9.17) is 0 Å². The minimum atomic E-state index is 0.297. The molecule has 2 saturated heterocycles. The van der Waals surface area contributed by atoms with E-state index >= 15 is 0 Å². The van der Waals surface area contributed by atoms with Crippen LogP contribution in [0.15, 0.2) is 24.3 Å². The third-order valence-corrected chi connectivity index (χ3v) is 6.28. The number of nitrogens with zero attached hydrogens (tertiary/aromatic N) is 3. The summed E-state index contributed by atoms with van der Waals surface area (Å²) in [5, 5.41) is 0. The first kappa shape index (κ1) is 20.3. The Labute approximate surface area is 165 Å². The molecule has 2 fully saturated rings. The number of para-hydroxylation sites is 1. The van der Waals surface area contributed by atoms with E-state index in [1.54, 1.807) is 6.92 Å². The number of Topliss-reactive ketones (excluding diaryl/α,β-unsaturated/α-hetero) is 1. The van der Waals surface area contributed by atoms with Crippen LogP contribution < -0.4 is 4.90 Å². The lowest BCUT2D eigenvalue weighted by atomic mass is 9.93. The molecule has 4 heteroatoms. The van der Waals surface area contributed by atoms with Crippen LogP contribution >= 0.6 is 0 Å². The molecule has 1 aromatic rings. The topological polar surface area (TPSA) is 26.8 Å². The number of benzene rings is 1. The molecule has 3 rings (SSSR count). The summed E-state index contributed by atoms with van der Waals surface area (Å²) < 4.78 is 0. The van der Waals surface area contributed by atoms with Crippen molar-refractivity contribution < 1.29 is 4.79 Å². The van der Waals surface area contributed by atoms with E-state index < -0.39 is 0 Å². The van der Waals surface area contributed by atoms with Crippen LogP contribution in [0.4, 0.5) is 5.69 Å². The molecule has 1 aromatic carbocycles. The zero-order valence-electron chi connectivity index (χ0n) is 17.5. The highest BCUT2D eigenvalue weighted by Gasteiger charge is 2.23. The lowest BCUT2D eigenvalue weighted by Gasteiger charge is -2.38. The third kappa shape index (κ3) is 5.79. The van der Waals surface area contributed by atoms with Crippen molar-refractivity contribution in [1.82, 2.24) is 9.80 Å². The molecule has 0 N–H and O–H groups in total. The lowest BCUT2D eigenvalue weighted by molar-refractivity contribution is -0.118. The fourth-order valence-corrected chi connectivity index (χ4v) is 4.59. The molecular formula is C23H37N3O. The SMILES string of the molecule is CC(=O)CN1CCC(CCN2CCN(c3ccccc3C(C)C)CC2)CC1. The molecule has 0 saturated carbocycles. The number of hydrogen-bond donors (Lipinski definition) is 0. The Morgan fingerprint density at radius 3 is 2.30 bits per heavy atom. The Bertz CT molecular complexity index is 599. The van der Waals surface area contributed by atoms with Gasteiger partial charge in [-0.1, -0.05) is 32.0 Å². The molecule has 0 bridgehead atoms. The van der Waals surface area contributed by atoms with Crippen molar-refractivity contribution in [3.63, 3.8) is 0 Å². The molecule has 2 aliphatic heterocycles. The maximum absolute atomic E-state index is 11.3. The van der Waals surface area contributed by atoms with Gasteiger partial charge in [-0.2, -0.15) is 0 Å². The van der Waals surface area contributed by atoms with Gasteiger partial charge in [0.15, 0.2) is 0 Å². The van der Waals surface area contributed by atoms with Crippen LogP contribution in [-0.4, -0.2) is 67.9 Å². The van der Waals surface area contributed by atoms with Crippen LogP contribution in [0.5, 0.6) is 0 Å². The second-order valence-electron chi connectivity index (χ2n) is 8.75. The average Bonchev–Trinajstić information content (AvgIpc) is 2.67. The number of carbonyl (C=O) groups is 1. The molecular weight excluding hydrogens is 334 g/mol. The maximum Gasteiger partial charge on any atom is 0.143 e. The Kier molecular flexibility index (Phi) is 7.31. The largest absolute Gasteiger partial charge is 0.369 e. The van der Waals surface area contributed by atoms with Crippen LogP contribution in [-0.2, 0) is 4.79 Å². The standard InChI is InChI=1S/C23H37N3O/c1-19(2)22-6-4-5-7-23(22)26-16-14-24(15-17-26)11-8-21-9-12-25(13-10-21)18-20(3)27/h4-7,19,21H,8-18H2,1-3H3. The van der Waals surface area contributed by atoms with E-state index in [-0.39, 0.29) is 0 Å². The lowest BCUT2D eigenvalue weighted by Crippen LogP contribution is -2.47. The molecule has 0 atom stereocenters. The second kappa shape index (κ2) is 9.70. The van der Waals surface area contributed by atoms with Gasteiger partial charge in [0.25, 0.3) is 0 Å². The highest BCUT2D eigenvalue weighted by atomic mass is 16.1. The third-order valence-electron chi connectivity index (χ3n) is 6.28. The summed E-state index contributed by atoms with van der Waals surface area (Å²) in [7, 11) is 0. The number of anilines is 1. The molecule has 0 radical (unpaired) electrons. The highest BCUT2D eigenvalue weighted by Crippen LogP contribution is 2.28. The molecule has 0 amide bonds. The van der Waals surface area contributed by atoms with E-state index in [0.717, 1.165) is 32.1 Å². The van der Waals surface area contributed by atoms with Crippen LogP contribution in [0, 0.1) is 5.92 Å². The molecule has 0 aromatic heterocycles. The van der Waals surface area contributed by atoms with Gasteiger partial charge in [-0.3, -0.25) is 14.6 Å². The van der Waals surface area contributed by atoms with Gasteiger partial charge in [-0.25, -0.2) is 0 Å². The first-order valence-corrected chi connectivity index (χ1v) is 10.8. The monoisotopic (exact) mass is 371 g/mol. The Morgan fingerprint density at radius 1 is 1.00 bits per heavy atom. The normalized spacial score (nSPS) is 20.4. The van der Waals surface area contributed by atoms with Crippen molar-refractivity contribution in [3.05, 3.63) is 29.8 Å². The van der Waals surface area contributed by atoms with Gasteiger partial charge < -0.3 is 4.90 Å². The first-order valence-electron chi connectivity index (χ1n) is 10.8. The summed E-state index contributed by atoms with van der Waals surface area (Å²) in [5.41, 5.74) is 2.91. The van der Waals surface area contributed by atoms with Crippen molar-refractivity contribution in [2.75, 3.05) is 57.3 Å². The number of piperidine rings is 1. The number of rotatable bonds is 7. The van der Waals surface area contributed by atoms with Crippen molar-refractivity contribution in [2.45, 2.75) is 46.0 Å². The van der Waals surface area contributed by atoms with E-state index in [1.807, 2.05) is 0 Å². The van der Waals surface area contributed by atoms with Crippen LogP contribution in [0.2, 0.25) is 0 Å². The van der Waals surface area contributed by atoms with Crippen LogP contribution in [0.3, 0.4) is 0 Å². The van der Waals surface area contributed by atoms with Gasteiger partial charge in [0.05, 0.1) is 6.54 Å². The minimum Gasteiger partial charge on any atom is -0.369 e. The highest BCUT2D eigenvalue weighted by molar-refractivity contribution is 5.77. The Balaban J connectivity index is 1.40. The molecule has 0 unspecified atom stereocenters. The first-order chi connectivity index (χ1) is 13.0. The molecule has 2 heterocycles. The smallest absolute Gasteiger partial charge is 0.143 e. The van der Waals surface area contributed by atoms with E-state index in [0.29, 0.717) is 18.2 Å². The molecule has 4 nitrogen and oxygen atoms in total. The number of carbonyl (C=O) groups excluding carboxylic acids is 1. The predicted octanol–water partition coefficient (Wildman–Crippen LogP) is 3.62. The number of ketones is 1. The van der Waals surface area contributed by atoms with E-state index in [9.17, 15) is 4.79 Å². The van der Waals surface area contributed by atoms with Gasteiger partial charge in [-0.05, 0) is 69.3 Å². The fourth-order valence-electron chi connectivity index (χ4n) is 4.59. The van der Waals surface area contributed by atoms with Gasteiger partial charge in [-0.15, -0.1) is 0 Å². The summed E-state index contributed by atoms with van der Waals surface area (Å²) in [4.78, 5) is 18.8. The summed E-state index contributed by atoms with van der Waals surface area (Å²) in [6.07, 6.45) is 3.83. The number of piperazine rings is 1. The van der Waals surface area contributed by atoms with E-state index in [1.165, 1.54) is 50.1 Å². The minimum absolute atomic E-state index is 0.297. The summed E-state index contributed by atoms with van der Waals surface area (Å²) >= 11 is 0. The van der Waals surface area contributed by atoms with Crippen molar-refractivity contribution >= 4 is 11.5 Å².